The molecule has 1 aliphatic rings. The van der Waals surface area contributed by atoms with Crippen LogP contribution in [-0.4, -0.2) is 40.5 Å². The highest BCUT2D eigenvalue weighted by Gasteiger charge is 2.31. The molecule has 1 heterocycles. The summed E-state index contributed by atoms with van der Waals surface area (Å²) < 4.78 is 0. The minimum Gasteiger partial charge on any atom is -0.391 e. The van der Waals surface area contributed by atoms with Crippen molar-refractivity contribution in [1.29, 1.82) is 0 Å². The van der Waals surface area contributed by atoms with E-state index in [0.717, 1.165) is 19.4 Å². The summed E-state index contributed by atoms with van der Waals surface area (Å²) in [6.07, 6.45) is 1.29. The molecule has 3 atom stereocenters. The molecule has 3 unspecified atom stereocenters. The lowest BCUT2D eigenvalue weighted by molar-refractivity contribution is -0.141. The summed E-state index contributed by atoms with van der Waals surface area (Å²) in [6, 6.07) is -0.0677. The Morgan fingerprint density at radius 3 is 2.93 bits per heavy atom. The topological polar surface area (TPSA) is 40.5 Å². The Labute approximate surface area is 90.0 Å². The van der Waals surface area contributed by atoms with Crippen molar-refractivity contribution in [2.45, 2.75) is 38.8 Å². The second-order valence-corrected chi connectivity index (χ2v) is 4.35. The van der Waals surface area contributed by atoms with Gasteiger partial charge in [0.25, 0.3) is 0 Å². The zero-order chi connectivity index (χ0) is 10.7. The third-order valence-corrected chi connectivity index (χ3v) is 3.35. The van der Waals surface area contributed by atoms with Crippen LogP contribution in [0.1, 0.15) is 26.7 Å². The van der Waals surface area contributed by atoms with E-state index in [9.17, 15) is 9.90 Å². The first kappa shape index (κ1) is 11.8. The molecule has 1 N–H and O–H groups in total. The zero-order valence-electron chi connectivity index (χ0n) is 8.74. The van der Waals surface area contributed by atoms with Gasteiger partial charge in [-0.25, -0.2) is 0 Å². The summed E-state index contributed by atoms with van der Waals surface area (Å²) in [7, 11) is 0. The summed E-state index contributed by atoms with van der Waals surface area (Å²) in [6.45, 7) is 4.46. The number of piperidine rings is 1. The highest BCUT2D eigenvalue weighted by Crippen LogP contribution is 2.19. The van der Waals surface area contributed by atoms with E-state index in [4.69, 9.17) is 11.6 Å². The Hall–Kier alpha value is -0.280. The molecule has 0 bridgehead atoms. The largest absolute Gasteiger partial charge is 0.391 e. The number of nitrogens with zero attached hydrogens (tertiary/aromatic N) is 1. The third-order valence-electron chi connectivity index (χ3n) is 2.88. The number of carbonyl (C=O) groups excluding carboxylic acids is 1. The molecular weight excluding hydrogens is 202 g/mol. The number of likely N-dealkylation sites (tertiary alicyclic amines) is 1. The smallest absolute Gasteiger partial charge is 0.226 e. The number of aliphatic hydroxyl groups excluding tert-OH is 1. The molecule has 0 aromatic heterocycles. The average Bonchev–Trinajstić information content (AvgIpc) is 2.20. The lowest BCUT2D eigenvalue weighted by atomic mass is 9.98. The monoisotopic (exact) mass is 219 g/mol. The van der Waals surface area contributed by atoms with Gasteiger partial charge in [0, 0.05) is 18.3 Å². The molecule has 0 aromatic carbocycles. The molecule has 1 amide bonds. The summed E-state index contributed by atoms with van der Waals surface area (Å²) in [5.74, 6) is 0.258. The maximum absolute atomic E-state index is 11.8. The maximum atomic E-state index is 11.8. The van der Waals surface area contributed by atoms with Crippen LogP contribution in [0.3, 0.4) is 0 Å². The van der Waals surface area contributed by atoms with Crippen molar-refractivity contribution in [3.8, 4) is 0 Å². The Kier molecular flexibility index (Phi) is 4.20. The molecule has 1 rings (SSSR count). The molecule has 0 aromatic rings. The van der Waals surface area contributed by atoms with Gasteiger partial charge in [-0.3, -0.25) is 4.79 Å². The number of hydrogen-bond donors (Lipinski definition) is 1. The number of alkyl halides is 1. The van der Waals surface area contributed by atoms with Gasteiger partial charge in [-0.05, 0) is 19.8 Å². The first-order chi connectivity index (χ1) is 6.57. The van der Waals surface area contributed by atoms with Crippen molar-refractivity contribution < 1.29 is 9.90 Å². The van der Waals surface area contributed by atoms with Gasteiger partial charge in [0.15, 0.2) is 0 Å². The van der Waals surface area contributed by atoms with Crippen molar-refractivity contribution in [3.63, 3.8) is 0 Å². The summed E-state index contributed by atoms with van der Waals surface area (Å²) in [5, 5.41) is 9.62. The van der Waals surface area contributed by atoms with Gasteiger partial charge in [-0.2, -0.15) is 0 Å². The van der Waals surface area contributed by atoms with Gasteiger partial charge >= 0.3 is 0 Å². The molecule has 0 saturated carbocycles. The fourth-order valence-corrected chi connectivity index (χ4v) is 1.92. The molecule has 1 aliphatic heterocycles. The van der Waals surface area contributed by atoms with E-state index in [1.165, 1.54) is 0 Å². The number of amides is 1. The molecule has 3 nitrogen and oxygen atoms in total. The SMILES string of the molecule is CC(CCl)C(=O)N1CCCC(O)C1C. The zero-order valence-corrected chi connectivity index (χ0v) is 9.50. The van der Waals surface area contributed by atoms with Crippen molar-refractivity contribution >= 4 is 17.5 Å². The van der Waals surface area contributed by atoms with Crippen LogP contribution in [-0.2, 0) is 4.79 Å². The predicted octanol–water partition coefficient (Wildman–Crippen LogP) is 1.23. The molecule has 0 aliphatic carbocycles. The first-order valence-electron chi connectivity index (χ1n) is 5.12. The van der Waals surface area contributed by atoms with Gasteiger partial charge in [0.05, 0.1) is 12.1 Å². The first-order valence-corrected chi connectivity index (χ1v) is 5.66. The lowest BCUT2D eigenvalue weighted by Gasteiger charge is -2.38. The molecular formula is C10H18ClNO2. The minimum atomic E-state index is -0.379. The van der Waals surface area contributed by atoms with E-state index in [1.54, 1.807) is 4.90 Å². The molecule has 0 radical (unpaired) electrons. The standard InChI is InChI=1S/C10H18ClNO2/c1-7(6-11)10(14)12-5-3-4-9(13)8(12)2/h7-9,13H,3-6H2,1-2H3. The van der Waals surface area contributed by atoms with Crippen LogP contribution in [0.4, 0.5) is 0 Å². The summed E-state index contributed by atoms with van der Waals surface area (Å²) >= 11 is 5.64. The fourth-order valence-electron chi connectivity index (χ4n) is 1.78. The van der Waals surface area contributed by atoms with Crippen LogP contribution in [0.2, 0.25) is 0 Å². The Morgan fingerprint density at radius 1 is 1.71 bits per heavy atom. The van der Waals surface area contributed by atoms with Gasteiger partial charge in [-0.1, -0.05) is 6.92 Å². The van der Waals surface area contributed by atoms with E-state index < -0.39 is 0 Å². The van der Waals surface area contributed by atoms with Gasteiger partial charge < -0.3 is 10.0 Å². The second kappa shape index (κ2) is 4.99. The number of carbonyl (C=O) groups is 1. The summed E-state index contributed by atoms with van der Waals surface area (Å²) in [5.41, 5.74) is 0. The fraction of sp³-hybridized carbons (Fsp3) is 0.900. The van der Waals surface area contributed by atoms with E-state index in [2.05, 4.69) is 0 Å². The Balaban J connectivity index is 2.62. The van der Waals surface area contributed by atoms with Crippen molar-refractivity contribution in [2.75, 3.05) is 12.4 Å². The van der Waals surface area contributed by atoms with Crippen LogP contribution in [0, 0.1) is 5.92 Å². The number of aliphatic hydroxyl groups is 1. The maximum Gasteiger partial charge on any atom is 0.226 e. The van der Waals surface area contributed by atoms with Crippen LogP contribution >= 0.6 is 11.6 Å². The molecule has 14 heavy (non-hydrogen) atoms. The van der Waals surface area contributed by atoms with Crippen molar-refractivity contribution in [2.24, 2.45) is 5.92 Å². The molecule has 1 saturated heterocycles. The normalized spacial score (nSPS) is 30.1. The molecule has 1 fully saturated rings. The minimum absolute atomic E-state index is 0.0613. The molecule has 0 spiro atoms. The van der Waals surface area contributed by atoms with Crippen molar-refractivity contribution in [3.05, 3.63) is 0 Å². The van der Waals surface area contributed by atoms with Crippen molar-refractivity contribution in [1.82, 2.24) is 4.90 Å². The average molecular weight is 220 g/mol. The van der Waals surface area contributed by atoms with E-state index in [-0.39, 0.29) is 24.0 Å². The van der Waals surface area contributed by atoms with E-state index >= 15 is 0 Å². The van der Waals surface area contributed by atoms with Crippen LogP contribution in [0.15, 0.2) is 0 Å². The Morgan fingerprint density at radius 2 is 2.36 bits per heavy atom. The lowest BCUT2D eigenvalue weighted by Crippen LogP contribution is -2.51. The van der Waals surface area contributed by atoms with Crippen LogP contribution in [0.25, 0.3) is 0 Å². The number of rotatable bonds is 2. The highest BCUT2D eigenvalue weighted by molar-refractivity contribution is 6.19. The highest BCUT2D eigenvalue weighted by atomic mass is 35.5. The number of halogens is 1. The van der Waals surface area contributed by atoms with Gasteiger partial charge in [0.1, 0.15) is 0 Å². The van der Waals surface area contributed by atoms with Crippen LogP contribution in [0.5, 0.6) is 0 Å². The predicted molar refractivity (Wildman–Crippen MR) is 56.3 cm³/mol. The molecule has 4 heteroatoms. The van der Waals surface area contributed by atoms with Crippen LogP contribution < -0.4 is 0 Å². The Bertz CT molecular complexity index is 210. The third kappa shape index (κ3) is 2.39. The van der Waals surface area contributed by atoms with Gasteiger partial charge in [0.2, 0.25) is 5.91 Å². The molecule has 82 valence electrons. The summed E-state index contributed by atoms with van der Waals surface area (Å²) in [4.78, 5) is 13.6. The van der Waals surface area contributed by atoms with E-state index in [0.29, 0.717) is 5.88 Å². The number of hydrogen-bond acceptors (Lipinski definition) is 2. The van der Waals surface area contributed by atoms with E-state index in [1.807, 2.05) is 13.8 Å². The quantitative estimate of drug-likeness (QED) is 0.710. The second-order valence-electron chi connectivity index (χ2n) is 4.04. The van der Waals surface area contributed by atoms with Gasteiger partial charge in [-0.15, -0.1) is 11.6 Å².